The molecule has 0 spiro atoms. The Bertz CT molecular complexity index is 473. The van der Waals surface area contributed by atoms with E-state index in [1.54, 1.807) is 38.3 Å². The lowest BCUT2D eigenvalue weighted by Gasteiger charge is -2.05. The number of aliphatic carboxylic acids is 1. The maximum atomic E-state index is 11.6. The molecular weight excluding hydrogens is 248 g/mol. The van der Waals surface area contributed by atoms with Crippen molar-refractivity contribution in [1.29, 1.82) is 0 Å². The first kappa shape index (κ1) is 14.8. The molecule has 0 atom stereocenters. The van der Waals surface area contributed by atoms with E-state index in [1.165, 1.54) is 6.08 Å². The smallest absolute Gasteiger partial charge is 0.334 e. The molecule has 0 amide bonds. The molecule has 0 radical (unpaired) electrons. The van der Waals surface area contributed by atoms with E-state index in [4.69, 9.17) is 14.6 Å². The number of carbonyl (C=O) groups excluding carboxylic acids is 1. The highest BCUT2D eigenvalue weighted by atomic mass is 16.5. The predicted molar refractivity (Wildman–Crippen MR) is 69.9 cm³/mol. The highest BCUT2D eigenvalue weighted by Gasteiger charge is 2.14. The van der Waals surface area contributed by atoms with Crippen molar-refractivity contribution < 1.29 is 24.2 Å². The molecule has 0 fully saturated rings. The summed E-state index contributed by atoms with van der Waals surface area (Å²) >= 11 is 0. The fraction of sp³-hybridized carbons (Fsp3) is 0.286. The number of rotatable bonds is 6. The normalized spacial score (nSPS) is 10.9. The SMILES string of the molecule is CCOC(=O)/C(=C\c1ccc(OC)cc1)CC(=O)O. The van der Waals surface area contributed by atoms with Crippen molar-refractivity contribution in [3.05, 3.63) is 35.4 Å². The quantitative estimate of drug-likeness (QED) is 0.629. The van der Waals surface area contributed by atoms with Crippen LogP contribution in [-0.4, -0.2) is 30.8 Å². The summed E-state index contributed by atoms with van der Waals surface area (Å²) in [5, 5.41) is 8.79. The van der Waals surface area contributed by atoms with Crippen LogP contribution < -0.4 is 4.74 Å². The highest BCUT2D eigenvalue weighted by molar-refractivity contribution is 5.97. The Morgan fingerprint density at radius 1 is 1.26 bits per heavy atom. The van der Waals surface area contributed by atoms with Gasteiger partial charge in [0.05, 0.1) is 20.1 Å². The fourth-order valence-corrected chi connectivity index (χ4v) is 1.47. The topological polar surface area (TPSA) is 72.8 Å². The third kappa shape index (κ3) is 4.83. The largest absolute Gasteiger partial charge is 0.497 e. The summed E-state index contributed by atoms with van der Waals surface area (Å²) in [5.41, 5.74) is 0.824. The molecule has 1 rings (SSSR count). The van der Waals surface area contributed by atoms with Crippen LogP contribution in [0.1, 0.15) is 18.9 Å². The van der Waals surface area contributed by atoms with Crippen molar-refractivity contribution in [3.8, 4) is 5.75 Å². The minimum atomic E-state index is -1.08. The molecule has 5 nitrogen and oxygen atoms in total. The molecule has 1 aromatic rings. The second kappa shape index (κ2) is 7.20. The summed E-state index contributed by atoms with van der Waals surface area (Å²) in [6, 6.07) is 6.94. The summed E-state index contributed by atoms with van der Waals surface area (Å²) in [6.07, 6.45) is 1.14. The lowest BCUT2D eigenvalue weighted by atomic mass is 10.1. The van der Waals surface area contributed by atoms with Gasteiger partial charge in [0.25, 0.3) is 0 Å². The second-order valence-corrected chi connectivity index (χ2v) is 3.73. The van der Waals surface area contributed by atoms with Crippen LogP contribution in [0.3, 0.4) is 0 Å². The number of ether oxygens (including phenoxy) is 2. The van der Waals surface area contributed by atoms with Gasteiger partial charge in [0.15, 0.2) is 0 Å². The van der Waals surface area contributed by atoms with Crippen LogP contribution in [0.5, 0.6) is 5.75 Å². The molecule has 0 aromatic heterocycles. The Hall–Kier alpha value is -2.30. The first-order valence-corrected chi connectivity index (χ1v) is 5.80. The van der Waals surface area contributed by atoms with Gasteiger partial charge in [0.1, 0.15) is 5.75 Å². The minimum absolute atomic E-state index is 0.111. The Kier molecular flexibility index (Phi) is 5.60. The molecule has 1 N–H and O–H groups in total. The average Bonchev–Trinajstić information content (AvgIpc) is 2.38. The van der Waals surface area contributed by atoms with E-state index in [9.17, 15) is 9.59 Å². The maximum Gasteiger partial charge on any atom is 0.334 e. The molecule has 1 aromatic carbocycles. The number of methoxy groups -OCH3 is 1. The minimum Gasteiger partial charge on any atom is -0.497 e. The third-order valence-electron chi connectivity index (χ3n) is 2.34. The van der Waals surface area contributed by atoms with Crippen molar-refractivity contribution in [2.24, 2.45) is 0 Å². The summed E-state index contributed by atoms with van der Waals surface area (Å²) in [7, 11) is 1.55. The zero-order chi connectivity index (χ0) is 14.3. The van der Waals surface area contributed by atoms with Crippen molar-refractivity contribution in [1.82, 2.24) is 0 Å². The van der Waals surface area contributed by atoms with Gasteiger partial charge in [-0.05, 0) is 30.7 Å². The van der Waals surface area contributed by atoms with Crippen LogP contribution in [0.4, 0.5) is 0 Å². The van der Waals surface area contributed by atoms with E-state index in [2.05, 4.69) is 0 Å². The monoisotopic (exact) mass is 264 g/mol. The Labute approximate surface area is 111 Å². The third-order valence-corrected chi connectivity index (χ3v) is 2.34. The molecule has 0 aliphatic heterocycles. The molecule has 102 valence electrons. The van der Waals surface area contributed by atoms with Gasteiger partial charge in [-0.25, -0.2) is 4.79 Å². The van der Waals surface area contributed by atoms with Crippen LogP contribution in [-0.2, 0) is 14.3 Å². The van der Waals surface area contributed by atoms with E-state index in [0.717, 1.165) is 0 Å². The van der Waals surface area contributed by atoms with Gasteiger partial charge < -0.3 is 14.6 Å². The number of carbonyl (C=O) groups is 2. The molecule has 0 aliphatic carbocycles. The maximum absolute atomic E-state index is 11.6. The molecule has 19 heavy (non-hydrogen) atoms. The molecule has 0 saturated heterocycles. The van der Waals surface area contributed by atoms with Crippen LogP contribution >= 0.6 is 0 Å². The van der Waals surface area contributed by atoms with E-state index in [-0.39, 0.29) is 18.6 Å². The van der Waals surface area contributed by atoms with Gasteiger partial charge in [0.2, 0.25) is 0 Å². The molecular formula is C14H16O5. The highest BCUT2D eigenvalue weighted by Crippen LogP contribution is 2.16. The van der Waals surface area contributed by atoms with Crippen molar-refractivity contribution in [2.45, 2.75) is 13.3 Å². The molecule has 5 heteroatoms. The molecule has 0 unspecified atom stereocenters. The van der Waals surface area contributed by atoms with Gasteiger partial charge in [-0.3, -0.25) is 4.79 Å². The molecule has 0 aliphatic rings. The van der Waals surface area contributed by atoms with Gasteiger partial charge >= 0.3 is 11.9 Å². The number of carboxylic acid groups (broad SMARTS) is 1. The first-order chi connectivity index (χ1) is 9.06. The van der Waals surface area contributed by atoms with Gasteiger partial charge in [-0.15, -0.1) is 0 Å². The van der Waals surface area contributed by atoms with E-state index < -0.39 is 11.9 Å². The first-order valence-electron chi connectivity index (χ1n) is 5.80. The van der Waals surface area contributed by atoms with Crippen LogP contribution in [0.25, 0.3) is 6.08 Å². The average molecular weight is 264 g/mol. The predicted octanol–water partition coefficient (Wildman–Crippen LogP) is 2.12. The molecule has 0 saturated carbocycles. The van der Waals surface area contributed by atoms with Crippen LogP contribution in [0, 0.1) is 0 Å². The lowest BCUT2D eigenvalue weighted by Crippen LogP contribution is -2.11. The second-order valence-electron chi connectivity index (χ2n) is 3.73. The summed E-state index contributed by atoms with van der Waals surface area (Å²) < 4.78 is 9.85. The zero-order valence-electron chi connectivity index (χ0n) is 10.9. The summed E-state index contributed by atoms with van der Waals surface area (Å²) in [5.74, 6) is -0.999. The van der Waals surface area contributed by atoms with Crippen molar-refractivity contribution in [2.75, 3.05) is 13.7 Å². The summed E-state index contributed by atoms with van der Waals surface area (Å²) in [4.78, 5) is 22.4. The Morgan fingerprint density at radius 3 is 2.37 bits per heavy atom. The van der Waals surface area contributed by atoms with Gasteiger partial charge in [-0.1, -0.05) is 12.1 Å². The van der Waals surface area contributed by atoms with E-state index in [1.807, 2.05) is 0 Å². The van der Waals surface area contributed by atoms with Crippen LogP contribution in [0.15, 0.2) is 29.8 Å². The molecule has 0 heterocycles. The van der Waals surface area contributed by atoms with Crippen molar-refractivity contribution in [3.63, 3.8) is 0 Å². The number of hydrogen-bond donors (Lipinski definition) is 1. The van der Waals surface area contributed by atoms with Gasteiger partial charge in [-0.2, -0.15) is 0 Å². The number of carboxylic acids is 1. The number of hydrogen-bond acceptors (Lipinski definition) is 4. The zero-order valence-corrected chi connectivity index (χ0v) is 10.9. The summed E-state index contributed by atoms with van der Waals surface area (Å²) in [6.45, 7) is 1.88. The van der Waals surface area contributed by atoms with Crippen LogP contribution in [0.2, 0.25) is 0 Å². The fourth-order valence-electron chi connectivity index (χ4n) is 1.47. The number of benzene rings is 1. The van der Waals surface area contributed by atoms with Crippen molar-refractivity contribution >= 4 is 18.0 Å². The van der Waals surface area contributed by atoms with Gasteiger partial charge in [0, 0.05) is 5.57 Å². The van der Waals surface area contributed by atoms with E-state index >= 15 is 0 Å². The Morgan fingerprint density at radius 2 is 1.89 bits per heavy atom. The molecule has 0 bridgehead atoms. The number of esters is 1. The Balaban J connectivity index is 2.96. The standard InChI is InChI=1S/C14H16O5/c1-3-19-14(17)11(9-13(15)16)8-10-4-6-12(18-2)7-5-10/h4-8H,3,9H2,1-2H3,(H,15,16)/b11-8-. The lowest BCUT2D eigenvalue weighted by molar-refractivity contribution is -0.142. The van der Waals surface area contributed by atoms with E-state index in [0.29, 0.717) is 11.3 Å².